The second-order valence-corrected chi connectivity index (χ2v) is 7.79. The van der Waals surface area contributed by atoms with E-state index in [0.717, 1.165) is 4.47 Å². The van der Waals surface area contributed by atoms with Crippen molar-refractivity contribution in [1.82, 2.24) is 0 Å². The third-order valence-electron chi connectivity index (χ3n) is 4.45. The number of carbonyl (C=O) groups is 1. The van der Waals surface area contributed by atoms with E-state index in [4.69, 9.17) is 16.0 Å². The Kier molecular flexibility index (Phi) is 5.27. The van der Waals surface area contributed by atoms with Gasteiger partial charge in [0.15, 0.2) is 0 Å². The predicted molar refractivity (Wildman–Crippen MR) is 119 cm³/mol. The van der Waals surface area contributed by atoms with E-state index in [-0.39, 0.29) is 11.6 Å². The van der Waals surface area contributed by atoms with Crippen molar-refractivity contribution < 1.29 is 14.1 Å². The van der Waals surface area contributed by atoms with Crippen molar-refractivity contribution in [3.05, 3.63) is 85.5 Å². The maximum atomic E-state index is 12.9. The minimum absolute atomic E-state index is 0.0932. The summed E-state index contributed by atoms with van der Waals surface area (Å²) >= 11 is 9.57. The van der Waals surface area contributed by atoms with Gasteiger partial charge in [0, 0.05) is 22.2 Å². The van der Waals surface area contributed by atoms with Gasteiger partial charge in [0.2, 0.25) is 0 Å². The zero-order valence-corrected chi connectivity index (χ0v) is 17.8. The van der Waals surface area contributed by atoms with Crippen LogP contribution in [0.3, 0.4) is 0 Å². The summed E-state index contributed by atoms with van der Waals surface area (Å²) in [5, 5.41) is 17.0. The van der Waals surface area contributed by atoms with Crippen LogP contribution in [-0.2, 0) is 4.79 Å². The summed E-state index contributed by atoms with van der Waals surface area (Å²) in [4.78, 5) is 23.4. The molecule has 0 fully saturated rings. The summed E-state index contributed by atoms with van der Waals surface area (Å²) in [7, 11) is 0. The van der Waals surface area contributed by atoms with Crippen molar-refractivity contribution in [1.29, 1.82) is 0 Å². The van der Waals surface area contributed by atoms with Crippen molar-refractivity contribution in [2.45, 2.75) is 6.92 Å². The smallest absolute Gasteiger partial charge is 0.280 e. The third kappa shape index (κ3) is 3.79. The van der Waals surface area contributed by atoms with Crippen LogP contribution >= 0.6 is 27.5 Å². The largest absolute Gasteiger partial charge is 0.457 e. The number of nitro benzene ring substituents is 1. The van der Waals surface area contributed by atoms with Gasteiger partial charge in [-0.15, -0.1) is 0 Å². The number of hydrazone groups is 1. The number of furan rings is 1. The van der Waals surface area contributed by atoms with Gasteiger partial charge in [-0.1, -0.05) is 33.6 Å². The van der Waals surface area contributed by atoms with Gasteiger partial charge < -0.3 is 4.42 Å². The molecule has 0 saturated carbocycles. The van der Waals surface area contributed by atoms with E-state index in [1.165, 1.54) is 23.2 Å². The molecule has 4 rings (SSSR count). The number of non-ortho nitro benzene ring substituents is 1. The molecule has 2 heterocycles. The van der Waals surface area contributed by atoms with E-state index < -0.39 is 4.92 Å². The summed E-state index contributed by atoms with van der Waals surface area (Å²) < 4.78 is 6.62. The number of nitro groups is 1. The molecule has 2 aromatic carbocycles. The molecule has 0 N–H and O–H groups in total. The molecule has 3 aromatic rings. The topological polar surface area (TPSA) is 89.0 Å². The van der Waals surface area contributed by atoms with E-state index in [9.17, 15) is 14.9 Å². The molecule has 7 nitrogen and oxygen atoms in total. The second kappa shape index (κ2) is 7.89. The van der Waals surface area contributed by atoms with Gasteiger partial charge in [0.05, 0.1) is 26.9 Å². The minimum atomic E-state index is -0.501. The monoisotopic (exact) mass is 485 g/mol. The first-order chi connectivity index (χ1) is 14.3. The lowest BCUT2D eigenvalue weighted by Crippen LogP contribution is -2.21. The van der Waals surface area contributed by atoms with Crippen LogP contribution in [0, 0.1) is 10.1 Å². The SMILES string of the molecule is CC1=NN(c2cccc(Br)c2)C(=O)/C1=C\c1ccc(-c2cc([N+](=O)[O-])ccc2Cl)o1. The highest BCUT2D eigenvalue weighted by Crippen LogP contribution is 2.34. The van der Waals surface area contributed by atoms with Crippen molar-refractivity contribution >= 4 is 56.6 Å². The van der Waals surface area contributed by atoms with Crippen LogP contribution < -0.4 is 5.01 Å². The van der Waals surface area contributed by atoms with E-state index in [2.05, 4.69) is 21.0 Å². The molecule has 0 atom stereocenters. The number of carbonyl (C=O) groups excluding carboxylic acids is 1. The fraction of sp³-hybridized carbons (Fsp3) is 0.0476. The number of amides is 1. The summed E-state index contributed by atoms with van der Waals surface area (Å²) in [6.07, 6.45) is 1.59. The molecule has 1 amide bonds. The highest BCUT2D eigenvalue weighted by atomic mass is 79.9. The Balaban J connectivity index is 1.65. The van der Waals surface area contributed by atoms with Crippen LogP contribution in [0.4, 0.5) is 11.4 Å². The fourth-order valence-electron chi connectivity index (χ4n) is 3.00. The maximum absolute atomic E-state index is 12.9. The maximum Gasteiger partial charge on any atom is 0.280 e. The number of benzene rings is 2. The van der Waals surface area contributed by atoms with E-state index in [1.807, 2.05) is 12.1 Å². The van der Waals surface area contributed by atoms with Gasteiger partial charge in [-0.25, -0.2) is 0 Å². The fourth-order valence-corrected chi connectivity index (χ4v) is 3.60. The third-order valence-corrected chi connectivity index (χ3v) is 5.28. The molecule has 30 heavy (non-hydrogen) atoms. The Hall–Kier alpha value is -3.23. The van der Waals surface area contributed by atoms with E-state index >= 15 is 0 Å². The molecular weight excluding hydrogens is 474 g/mol. The summed E-state index contributed by atoms with van der Waals surface area (Å²) in [6.45, 7) is 1.74. The van der Waals surface area contributed by atoms with E-state index in [0.29, 0.717) is 39.1 Å². The van der Waals surface area contributed by atoms with Crippen LogP contribution in [0.5, 0.6) is 0 Å². The quantitative estimate of drug-likeness (QED) is 0.254. The van der Waals surface area contributed by atoms with Crippen molar-refractivity contribution in [3.63, 3.8) is 0 Å². The van der Waals surface area contributed by atoms with Crippen LogP contribution in [0.25, 0.3) is 17.4 Å². The number of halogens is 2. The van der Waals surface area contributed by atoms with Crippen LogP contribution in [0.1, 0.15) is 12.7 Å². The average Bonchev–Trinajstić information content (AvgIpc) is 3.28. The van der Waals surface area contributed by atoms with Crippen molar-refractivity contribution in [2.75, 3.05) is 5.01 Å². The zero-order valence-electron chi connectivity index (χ0n) is 15.5. The van der Waals surface area contributed by atoms with Crippen molar-refractivity contribution in [3.8, 4) is 11.3 Å². The van der Waals surface area contributed by atoms with Gasteiger partial charge >= 0.3 is 0 Å². The molecule has 0 unspecified atom stereocenters. The standard InChI is InChI=1S/C21H13BrClN3O4/c1-12-17(21(27)25(24-12)14-4-2-3-13(22)9-14)11-16-6-8-20(30-16)18-10-15(26(28)29)5-7-19(18)23/h2-11H,1H3/b17-11-. The predicted octanol–water partition coefficient (Wildman–Crippen LogP) is 6.08. The molecule has 0 aliphatic carbocycles. The number of hydrogen-bond donors (Lipinski definition) is 0. The lowest BCUT2D eigenvalue weighted by atomic mass is 10.1. The normalized spacial score (nSPS) is 15.0. The first kappa shape index (κ1) is 20.1. The summed E-state index contributed by atoms with van der Waals surface area (Å²) in [6, 6.07) is 14.7. The first-order valence-electron chi connectivity index (χ1n) is 8.75. The van der Waals surface area contributed by atoms with Gasteiger partial charge in [0.1, 0.15) is 11.5 Å². The van der Waals surface area contributed by atoms with Crippen LogP contribution in [0.2, 0.25) is 5.02 Å². The van der Waals surface area contributed by atoms with Crippen LogP contribution in [0.15, 0.2) is 74.2 Å². The molecule has 0 radical (unpaired) electrons. The van der Waals surface area contributed by atoms with Gasteiger partial charge in [0.25, 0.3) is 11.6 Å². The Labute approximate surface area is 184 Å². The number of rotatable bonds is 4. The lowest BCUT2D eigenvalue weighted by molar-refractivity contribution is -0.384. The Morgan fingerprint density at radius 3 is 2.73 bits per heavy atom. The molecule has 1 aromatic heterocycles. The Morgan fingerprint density at radius 2 is 2.00 bits per heavy atom. The molecule has 0 spiro atoms. The average molecular weight is 487 g/mol. The molecule has 1 aliphatic rings. The first-order valence-corrected chi connectivity index (χ1v) is 9.92. The number of hydrogen-bond acceptors (Lipinski definition) is 5. The zero-order chi connectivity index (χ0) is 21.4. The molecule has 0 saturated heterocycles. The second-order valence-electron chi connectivity index (χ2n) is 6.46. The molecule has 150 valence electrons. The van der Waals surface area contributed by atoms with E-state index in [1.54, 1.807) is 37.3 Å². The highest BCUT2D eigenvalue weighted by molar-refractivity contribution is 9.10. The molecule has 1 aliphatic heterocycles. The Morgan fingerprint density at radius 1 is 1.20 bits per heavy atom. The molecule has 0 bridgehead atoms. The molecular formula is C21H13BrClN3O4. The summed E-state index contributed by atoms with van der Waals surface area (Å²) in [5.41, 5.74) is 1.88. The summed E-state index contributed by atoms with van der Waals surface area (Å²) in [5.74, 6) is 0.484. The highest BCUT2D eigenvalue weighted by Gasteiger charge is 2.29. The van der Waals surface area contributed by atoms with Gasteiger partial charge in [-0.2, -0.15) is 10.1 Å². The van der Waals surface area contributed by atoms with Crippen molar-refractivity contribution in [2.24, 2.45) is 5.10 Å². The van der Waals surface area contributed by atoms with Gasteiger partial charge in [-0.05, 0) is 49.4 Å². The Bertz CT molecular complexity index is 1250. The minimum Gasteiger partial charge on any atom is -0.457 e. The molecule has 9 heteroatoms. The number of anilines is 1. The van der Waals surface area contributed by atoms with Crippen LogP contribution in [-0.4, -0.2) is 16.5 Å². The lowest BCUT2D eigenvalue weighted by Gasteiger charge is -2.11. The number of nitrogens with zero attached hydrogens (tertiary/aromatic N) is 3. The van der Waals surface area contributed by atoms with Gasteiger partial charge in [-0.3, -0.25) is 14.9 Å².